The molecule has 0 saturated heterocycles. The van der Waals surface area contributed by atoms with Crippen LogP contribution in [-0.2, 0) is 4.57 Å². The number of unbranched alkanes of at least 4 members (excludes halogenated alkanes) is 8. The molecule has 19 heavy (non-hydrogen) atoms. The minimum atomic E-state index is -2.02. The topological polar surface area (TPSA) is 63.3 Å². The van der Waals surface area contributed by atoms with E-state index in [-0.39, 0.29) is 5.66 Å². The third-order valence-electron chi connectivity index (χ3n) is 3.69. The summed E-state index contributed by atoms with van der Waals surface area (Å²) in [4.78, 5) is 9.23. The Kier molecular flexibility index (Phi) is 14.4. The maximum Gasteiger partial charge on any atom is 0.508 e. The summed E-state index contributed by atoms with van der Waals surface area (Å²) < 4.78 is 11.2. The molecule has 0 heterocycles. The molecule has 0 aromatic rings. The zero-order valence-electron chi connectivity index (χ0n) is 12.6. The lowest BCUT2D eigenvalue weighted by molar-refractivity contribution is 0.466. The third-order valence-corrected chi connectivity index (χ3v) is 4.84. The lowest BCUT2D eigenvalue weighted by Crippen LogP contribution is -2.07. The van der Waals surface area contributed by atoms with Gasteiger partial charge in [-0.05, 0) is 36.8 Å². The molecule has 114 valence electrons. The number of hydrogen-bond donors (Lipinski definition) is 2. The molecule has 0 saturated carbocycles. The Balaban J connectivity index is 3.37. The molecule has 4 heteroatoms. The number of rotatable bonds is 14. The van der Waals surface area contributed by atoms with Crippen LogP contribution in [-0.4, -0.2) is 17.1 Å². The van der Waals surface area contributed by atoms with Crippen molar-refractivity contribution in [1.82, 2.24) is 0 Å². The van der Waals surface area contributed by atoms with Crippen LogP contribution < -0.4 is 5.73 Å². The first-order valence-corrected chi connectivity index (χ1v) is 9.35. The van der Waals surface area contributed by atoms with Gasteiger partial charge >= 0.3 is 8.03 Å². The van der Waals surface area contributed by atoms with E-state index in [9.17, 15) is 9.46 Å². The summed E-state index contributed by atoms with van der Waals surface area (Å²) in [7, 11) is -2.02. The second-order valence-corrected chi connectivity index (χ2v) is 6.84. The molecule has 0 aliphatic carbocycles. The average Bonchev–Trinajstić information content (AvgIpc) is 2.39. The van der Waals surface area contributed by atoms with Gasteiger partial charge in [-0.15, -0.1) is 0 Å². The van der Waals surface area contributed by atoms with Gasteiger partial charge in [0.05, 0.1) is 0 Å². The van der Waals surface area contributed by atoms with Gasteiger partial charge in [-0.3, -0.25) is 0 Å². The van der Waals surface area contributed by atoms with Crippen molar-refractivity contribution in [2.75, 3.05) is 6.54 Å². The van der Waals surface area contributed by atoms with Crippen LogP contribution in [0, 0.1) is 0 Å². The smallest absolute Gasteiger partial charge is 0.330 e. The van der Waals surface area contributed by atoms with Crippen LogP contribution >= 0.6 is 8.03 Å². The SMILES string of the molecule is CCCCCCCCCCCC(CCCN)[P+](=O)O. The van der Waals surface area contributed by atoms with Gasteiger partial charge in [0, 0.05) is 0 Å². The van der Waals surface area contributed by atoms with Crippen LogP contribution in [0.2, 0.25) is 0 Å². The molecule has 0 rings (SSSR count). The fourth-order valence-corrected chi connectivity index (χ4v) is 3.22. The van der Waals surface area contributed by atoms with E-state index in [1.54, 1.807) is 0 Å². The maximum absolute atomic E-state index is 11.2. The monoisotopic (exact) mass is 290 g/mol. The van der Waals surface area contributed by atoms with Crippen molar-refractivity contribution in [3.8, 4) is 0 Å². The van der Waals surface area contributed by atoms with E-state index in [4.69, 9.17) is 5.73 Å². The van der Waals surface area contributed by atoms with Gasteiger partial charge in [-0.25, -0.2) is 0 Å². The lowest BCUT2D eigenvalue weighted by Gasteiger charge is -2.05. The second kappa shape index (κ2) is 14.4. The van der Waals surface area contributed by atoms with Crippen molar-refractivity contribution in [2.24, 2.45) is 5.73 Å². The van der Waals surface area contributed by atoms with Gasteiger partial charge in [0.2, 0.25) is 0 Å². The average molecular weight is 290 g/mol. The Labute approximate surface area is 120 Å². The molecule has 0 spiro atoms. The van der Waals surface area contributed by atoms with E-state index >= 15 is 0 Å². The molecule has 2 unspecified atom stereocenters. The highest BCUT2D eigenvalue weighted by Crippen LogP contribution is 2.30. The summed E-state index contributed by atoms with van der Waals surface area (Å²) in [6.45, 7) is 2.87. The zero-order chi connectivity index (χ0) is 14.3. The standard InChI is InChI=1S/C15H32NO2P/c1-2-3-4-5-6-7-8-9-10-12-15(19(17)18)13-11-14-16/h15H,2-14,16H2,1H3/p+1. The van der Waals surface area contributed by atoms with Gasteiger partial charge in [0.1, 0.15) is 0 Å². The van der Waals surface area contributed by atoms with Crippen LogP contribution in [0.3, 0.4) is 0 Å². The molecule has 0 aromatic carbocycles. The molecule has 0 aliphatic rings. The quantitative estimate of drug-likeness (QED) is 0.358. The van der Waals surface area contributed by atoms with Crippen molar-refractivity contribution >= 4 is 8.03 Å². The van der Waals surface area contributed by atoms with Crippen LogP contribution in [0.25, 0.3) is 0 Å². The van der Waals surface area contributed by atoms with Gasteiger partial charge < -0.3 is 5.73 Å². The van der Waals surface area contributed by atoms with Crippen LogP contribution in [0.4, 0.5) is 0 Å². The van der Waals surface area contributed by atoms with Crippen molar-refractivity contribution in [3.05, 3.63) is 0 Å². The first-order valence-electron chi connectivity index (χ1n) is 8.07. The molecule has 0 bridgehead atoms. The second-order valence-electron chi connectivity index (χ2n) is 5.50. The van der Waals surface area contributed by atoms with E-state index in [1.807, 2.05) is 0 Å². The highest BCUT2D eigenvalue weighted by molar-refractivity contribution is 7.38. The zero-order valence-corrected chi connectivity index (χ0v) is 13.5. The number of nitrogens with two attached hydrogens (primary N) is 1. The van der Waals surface area contributed by atoms with Gasteiger partial charge in [0.25, 0.3) is 0 Å². The summed E-state index contributed by atoms with van der Waals surface area (Å²) >= 11 is 0. The summed E-state index contributed by atoms with van der Waals surface area (Å²) in [5.41, 5.74) is 5.42. The molecule has 0 amide bonds. The summed E-state index contributed by atoms with van der Waals surface area (Å²) in [5.74, 6) is 0. The predicted octanol–water partition coefficient (Wildman–Crippen LogP) is 4.75. The van der Waals surface area contributed by atoms with Gasteiger partial charge in [-0.1, -0.05) is 58.3 Å². The highest BCUT2D eigenvalue weighted by Gasteiger charge is 2.27. The fraction of sp³-hybridized carbons (Fsp3) is 1.00. The molecule has 0 aliphatic heterocycles. The Hall–Kier alpha value is 0.0200. The molecule has 0 radical (unpaired) electrons. The van der Waals surface area contributed by atoms with Gasteiger partial charge in [0.15, 0.2) is 5.66 Å². The Morgan fingerprint density at radius 1 is 0.895 bits per heavy atom. The van der Waals surface area contributed by atoms with Crippen LogP contribution in [0.1, 0.15) is 84.0 Å². The van der Waals surface area contributed by atoms with E-state index in [0.717, 1.165) is 25.7 Å². The molecular weight excluding hydrogens is 257 g/mol. The van der Waals surface area contributed by atoms with Crippen molar-refractivity contribution in [2.45, 2.75) is 89.6 Å². The van der Waals surface area contributed by atoms with E-state index in [2.05, 4.69) is 6.92 Å². The minimum absolute atomic E-state index is 0.0249. The molecule has 0 aromatic heterocycles. The Morgan fingerprint density at radius 2 is 1.37 bits per heavy atom. The molecule has 3 nitrogen and oxygen atoms in total. The lowest BCUT2D eigenvalue weighted by atomic mass is 10.0. The molecule has 0 fully saturated rings. The summed E-state index contributed by atoms with van der Waals surface area (Å²) in [6.07, 6.45) is 14.2. The molecule has 3 N–H and O–H groups in total. The first kappa shape index (κ1) is 19.0. The summed E-state index contributed by atoms with van der Waals surface area (Å²) in [6, 6.07) is 0. The van der Waals surface area contributed by atoms with E-state index < -0.39 is 8.03 Å². The predicted molar refractivity (Wildman–Crippen MR) is 83.7 cm³/mol. The maximum atomic E-state index is 11.2. The Bertz CT molecular complexity index is 212. The minimum Gasteiger partial charge on any atom is -0.330 e. The highest BCUT2D eigenvalue weighted by atomic mass is 31.1. The molecule has 2 atom stereocenters. The van der Waals surface area contributed by atoms with Crippen LogP contribution in [0.15, 0.2) is 0 Å². The largest absolute Gasteiger partial charge is 0.508 e. The Morgan fingerprint density at radius 3 is 1.84 bits per heavy atom. The van der Waals surface area contributed by atoms with Crippen molar-refractivity contribution in [3.63, 3.8) is 0 Å². The van der Waals surface area contributed by atoms with Crippen molar-refractivity contribution in [1.29, 1.82) is 0 Å². The third kappa shape index (κ3) is 12.8. The fourth-order valence-electron chi connectivity index (χ4n) is 2.41. The summed E-state index contributed by atoms with van der Waals surface area (Å²) in [5, 5.41) is 0. The van der Waals surface area contributed by atoms with Crippen molar-refractivity contribution < 1.29 is 9.46 Å². The van der Waals surface area contributed by atoms with Gasteiger partial charge in [-0.2, -0.15) is 4.89 Å². The number of hydrogen-bond acceptors (Lipinski definition) is 2. The van der Waals surface area contributed by atoms with E-state index in [0.29, 0.717) is 6.54 Å². The first-order chi connectivity index (χ1) is 9.22. The van der Waals surface area contributed by atoms with E-state index in [1.165, 1.54) is 51.4 Å². The van der Waals surface area contributed by atoms with Crippen LogP contribution in [0.5, 0.6) is 0 Å². The normalized spacial score (nSPS) is 13.5. The molecular formula is C15H33NO2P+.